The Morgan fingerprint density at radius 1 is 1.20 bits per heavy atom. The molecule has 2 aromatic rings. The second-order valence-electron chi connectivity index (χ2n) is 6.30. The van der Waals surface area contributed by atoms with E-state index in [9.17, 15) is 13.2 Å². The van der Waals surface area contributed by atoms with Gasteiger partial charge in [0.05, 0.1) is 6.54 Å². The van der Waals surface area contributed by atoms with Crippen molar-refractivity contribution < 1.29 is 13.2 Å². The lowest BCUT2D eigenvalue weighted by atomic mass is 9.94. The molecule has 1 aliphatic carbocycles. The Kier molecular flexibility index (Phi) is 4.91. The first-order valence-electron chi connectivity index (χ1n) is 8.45. The quantitative estimate of drug-likeness (QED) is 0.826. The molecule has 3 rings (SSSR count). The molecule has 0 atom stereocenters. The van der Waals surface area contributed by atoms with Gasteiger partial charge >= 0.3 is 6.18 Å². The molecule has 0 spiro atoms. The number of alkyl halides is 3. The molecule has 0 amide bonds. The van der Waals surface area contributed by atoms with Crippen LogP contribution in [-0.4, -0.2) is 31.8 Å². The van der Waals surface area contributed by atoms with Crippen LogP contribution in [0.1, 0.15) is 49.0 Å². The first-order chi connectivity index (χ1) is 11.9. The van der Waals surface area contributed by atoms with Gasteiger partial charge in [0, 0.05) is 24.8 Å². The van der Waals surface area contributed by atoms with Crippen LogP contribution in [0.2, 0.25) is 0 Å². The van der Waals surface area contributed by atoms with Crippen LogP contribution in [0.5, 0.6) is 0 Å². The van der Waals surface area contributed by atoms with Crippen molar-refractivity contribution in [3.8, 4) is 0 Å². The van der Waals surface area contributed by atoms with E-state index in [-0.39, 0.29) is 11.5 Å². The first-order valence-corrected chi connectivity index (χ1v) is 8.45. The molecule has 6 nitrogen and oxygen atoms in total. The summed E-state index contributed by atoms with van der Waals surface area (Å²) in [5.74, 6) is 0.762. The summed E-state index contributed by atoms with van der Waals surface area (Å²) in [7, 11) is 1.68. The van der Waals surface area contributed by atoms with Crippen LogP contribution in [-0.2, 0) is 32.1 Å². The van der Waals surface area contributed by atoms with Crippen LogP contribution < -0.4 is 4.90 Å². The van der Waals surface area contributed by atoms with Gasteiger partial charge in [-0.25, -0.2) is 9.97 Å². The van der Waals surface area contributed by atoms with Crippen molar-refractivity contribution in [2.24, 2.45) is 0 Å². The van der Waals surface area contributed by atoms with Gasteiger partial charge in [-0.05, 0) is 32.1 Å². The Morgan fingerprint density at radius 2 is 1.96 bits per heavy atom. The lowest BCUT2D eigenvalue weighted by Gasteiger charge is -2.24. The molecule has 9 heteroatoms. The third-order valence-corrected chi connectivity index (χ3v) is 4.32. The van der Waals surface area contributed by atoms with Gasteiger partial charge in [-0.3, -0.25) is 0 Å². The van der Waals surface area contributed by atoms with Crippen molar-refractivity contribution in [3.05, 3.63) is 29.1 Å². The molecule has 136 valence electrons. The van der Waals surface area contributed by atoms with Crippen molar-refractivity contribution in [1.82, 2.24) is 24.7 Å². The Morgan fingerprint density at radius 3 is 2.68 bits per heavy atom. The summed E-state index contributed by atoms with van der Waals surface area (Å²) in [5.41, 5.74) is -0.0235. The van der Waals surface area contributed by atoms with Crippen LogP contribution in [0, 0.1) is 0 Å². The second-order valence-corrected chi connectivity index (χ2v) is 6.30. The fraction of sp³-hybridized carbons (Fsp3) is 0.625. The van der Waals surface area contributed by atoms with E-state index in [1.165, 1.54) is 0 Å². The molecule has 1 aliphatic rings. The van der Waals surface area contributed by atoms with E-state index in [1.54, 1.807) is 18.3 Å². The van der Waals surface area contributed by atoms with Gasteiger partial charge in [0.25, 0.3) is 0 Å². The zero-order chi connectivity index (χ0) is 18.0. The maximum atomic E-state index is 13.4. The Bertz CT molecular complexity index is 740. The normalized spacial score (nSPS) is 14.4. The van der Waals surface area contributed by atoms with Crippen LogP contribution in [0.3, 0.4) is 0 Å². The molecular formula is C16H21F3N6. The minimum absolute atomic E-state index is 0.0824. The van der Waals surface area contributed by atoms with E-state index in [4.69, 9.17) is 0 Å². The number of rotatable bonds is 5. The van der Waals surface area contributed by atoms with Crippen LogP contribution in [0.15, 0.2) is 6.33 Å². The summed E-state index contributed by atoms with van der Waals surface area (Å²) in [6.07, 6.45) is 0.628. The third-order valence-electron chi connectivity index (χ3n) is 4.32. The van der Waals surface area contributed by atoms with Gasteiger partial charge in [-0.1, -0.05) is 6.92 Å². The molecule has 0 saturated heterocycles. The largest absolute Gasteiger partial charge is 0.433 e. The van der Waals surface area contributed by atoms with Gasteiger partial charge in [0.2, 0.25) is 5.95 Å². The fourth-order valence-corrected chi connectivity index (χ4v) is 3.10. The summed E-state index contributed by atoms with van der Waals surface area (Å²) in [6, 6.07) is 0. The Balaban J connectivity index is 1.92. The molecule has 0 radical (unpaired) electrons. The van der Waals surface area contributed by atoms with Crippen LogP contribution >= 0.6 is 0 Å². The van der Waals surface area contributed by atoms with Crippen molar-refractivity contribution in [1.29, 1.82) is 0 Å². The number of aryl methyl sites for hydroxylation is 2. The molecule has 25 heavy (non-hydrogen) atoms. The summed E-state index contributed by atoms with van der Waals surface area (Å²) >= 11 is 0. The molecule has 0 saturated carbocycles. The van der Waals surface area contributed by atoms with E-state index >= 15 is 0 Å². The number of halogens is 3. The smallest absolute Gasteiger partial charge is 0.336 e. The van der Waals surface area contributed by atoms with Crippen molar-refractivity contribution in [2.45, 2.75) is 58.3 Å². The highest BCUT2D eigenvalue weighted by molar-refractivity contribution is 5.39. The van der Waals surface area contributed by atoms with Gasteiger partial charge in [-0.2, -0.15) is 13.2 Å². The minimum atomic E-state index is -4.47. The van der Waals surface area contributed by atoms with E-state index in [1.807, 2.05) is 11.5 Å². The number of nitrogens with zero attached hydrogens (tertiary/aromatic N) is 6. The summed E-state index contributed by atoms with van der Waals surface area (Å²) in [4.78, 5) is 9.84. The van der Waals surface area contributed by atoms with Gasteiger partial charge in [-0.15, -0.1) is 10.2 Å². The highest BCUT2D eigenvalue weighted by atomic mass is 19.4. The topological polar surface area (TPSA) is 59.7 Å². The summed E-state index contributed by atoms with van der Waals surface area (Å²) in [6.45, 7) is 3.10. The molecule has 2 aromatic heterocycles. The highest BCUT2D eigenvalue weighted by Gasteiger charge is 2.38. The van der Waals surface area contributed by atoms with E-state index in [0.717, 1.165) is 25.8 Å². The molecule has 0 aromatic carbocycles. The molecule has 0 aliphatic heterocycles. The third kappa shape index (κ3) is 3.74. The molecule has 0 N–H and O–H groups in total. The fourth-order valence-electron chi connectivity index (χ4n) is 3.10. The van der Waals surface area contributed by atoms with Crippen molar-refractivity contribution in [2.75, 3.05) is 11.9 Å². The van der Waals surface area contributed by atoms with Crippen LogP contribution in [0.25, 0.3) is 0 Å². The van der Waals surface area contributed by atoms with E-state index in [0.29, 0.717) is 30.9 Å². The number of fused-ring (bicyclic) bond motifs is 1. The molecule has 0 fully saturated rings. The van der Waals surface area contributed by atoms with Crippen molar-refractivity contribution >= 4 is 5.95 Å². The zero-order valence-electron chi connectivity index (χ0n) is 14.3. The lowest BCUT2D eigenvalue weighted by Crippen LogP contribution is -2.26. The number of hydrogen-bond donors (Lipinski definition) is 0. The Labute approximate surface area is 144 Å². The average molecular weight is 354 g/mol. The Hall–Kier alpha value is -2.19. The average Bonchev–Trinajstić information content (AvgIpc) is 3.00. The van der Waals surface area contributed by atoms with Crippen molar-refractivity contribution in [3.63, 3.8) is 0 Å². The standard InChI is InChI=1S/C16H21F3N6/c1-3-8-25-10-20-23-13(25)9-24(2)15-21-12-7-5-4-6-11(12)14(22-15)16(17,18)19/h10H,3-9H2,1-2H3. The first kappa shape index (κ1) is 17.6. The summed E-state index contributed by atoms with van der Waals surface area (Å²) in [5, 5.41) is 7.93. The number of hydrogen-bond acceptors (Lipinski definition) is 5. The zero-order valence-corrected chi connectivity index (χ0v) is 14.3. The van der Waals surface area contributed by atoms with E-state index in [2.05, 4.69) is 20.2 Å². The molecular weight excluding hydrogens is 333 g/mol. The minimum Gasteiger partial charge on any atom is -0.336 e. The number of anilines is 1. The predicted octanol–water partition coefficient (Wildman–Crippen LogP) is 3.01. The number of aromatic nitrogens is 5. The van der Waals surface area contributed by atoms with E-state index < -0.39 is 11.9 Å². The highest BCUT2D eigenvalue weighted by Crippen LogP contribution is 2.35. The molecule has 2 heterocycles. The SMILES string of the molecule is CCCn1cnnc1CN(C)c1nc2c(c(C(F)(F)F)n1)CCCC2. The molecule has 0 unspecified atom stereocenters. The predicted molar refractivity (Wildman–Crippen MR) is 86.1 cm³/mol. The maximum Gasteiger partial charge on any atom is 0.433 e. The van der Waals surface area contributed by atoms with Gasteiger partial charge < -0.3 is 9.47 Å². The van der Waals surface area contributed by atoms with Crippen LogP contribution in [0.4, 0.5) is 19.1 Å². The summed E-state index contributed by atoms with van der Waals surface area (Å²) < 4.78 is 42.2. The maximum absolute atomic E-state index is 13.4. The second kappa shape index (κ2) is 6.97. The molecule has 0 bridgehead atoms. The monoisotopic (exact) mass is 354 g/mol. The van der Waals surface area contributed by atoms with Gasteiger partial charge in [0.1, 0.15) is 6.33 Å². The van der Waals surface area contributed by atoms with Gasteiger partial charge in [0.15, 0.2) is 11.5 Å². The lowest BCUT2D eigenvalue weighted by molar-refractivity contribution is -0.142.